The van der Waals surface area contributed by atoms with Crippen molar-refractivity contribution in [1.82, 2.24) is 0 Å². The van der Waals surface area contributed by atoms with E-state index < -0.39 is 0 Å². The summed E-state index contributed by atoms with van der Waals surface area (Å²) in [5, 5.41) is 0. The molecular weight excluding hydrogens is 1260 g/mol. The van der Waals surface area contributed by atoms with Gasteiger partial charge in [0.2, 0.25) is 0 Å². The van der Waals surface area contributed by atoms with E-state index >= 15 is 0 Å². The molecule has 0 atom stereocenters. The smallest absolute Gasteiger partial charge is 0.0238 e. The quantitative estimate of drug-likeness (QED) is 0.350. The van der Waals surface area contributed by atoms with E-state index in [4.69, 9.17) is 0 Å². The molecule has 25 heavy (non-hydrogen) atoms. The van der Waals surface area contributed by atoms with Crippen LogP contribution in [0.2, 0.25) is 0 Å². The predicted octanol–water partition coefficient (Wildman–Crippen LogP) is -0.669. The molecule has 0 amide bonds. The molecule has 0 spiro atoms. The molecule has 0 unspecified atom stereocenters. The average molecular weight is 1270 g/mol. The minimum absolute atomic E-state index is 0.359. The maximum absolute atomic E-state index is 2.61. The van der Waals surface area contributed by atoms with Gasteiger partial charge in [-0.05, 0) is 24.0 Å². The minimum Gasteiger partial charge on any atom is -0.0622 e. The fourth-order valence-corrected chi connectivity index (χ4v) is 682. The van der Waals surface area contributed by atoms with Crippen molar-refractivity contribution in [3.63, 3.8) is 0 Å². The van der Waals surface area contributed by atoms with Gasteiger partial charge in [0.1, 0.15) is 0 Å². The molecule has 0 nitrogen and oxygen atoms in total. The second-order valence-electron chi connectivity index (χ2n) is 5.10. The van der Waals surface area contributed by atoms with Crippen molar-refractivity contribution >= 4 is 118 Å². The molecule has 2 aliphatic heterocycles. The molecule has 0 saturated heterocycles. The Bertz CT molecular complexity index is 719. The first-order chi connectivity index (χ1) is 12.4. The number of benzene rings is 2. The molecule has 0 aromatic heterocycles. The Balaban J connectivity index is 0.000000150. The van der Waals surface area contributed by atoms with Gasteiger partial charge in [-0.2, -0.15) is 0 Å². The fourth-order valence-electron chi connectivity index (χ4n) is 2.11. The van der Waals surface area contributed by atoms with Gasteiger partial charge >= 0.3 is 141 Å². The van der Waals surface area contributed by atoms with Crippen molar-refractivity contribution < 1.29 is 23.2 Å². The third-order valence-electron chi connectivity index (χ3n) is 3.32. The molecule has 0 fully saturated rings. The van der Waals surface area contributed by atoms with Crippen molar-refractivity contribution in [3.05, 3.63) is 71.8 Å². The Kier molecular flexibility index (Phi) is 16.4. The van der Waals surface area contributed by atoms with Crippen LogP contribution < -0.4 is 0 Å². The van der Waals surface area contributed by atoms with Crippen LogP contribution in [0.5, 0.6) is 0 Å². The molecule has 0 saturated carbocycles. The zero-order chi connectivity index (χ0) is 17.2. The number of hydrogen-bond acceptors (Lipinski definition) is 0. The van der Waals surface area contributed by atoms with E-state index in [1.807, 2.05) is 0 Å². The van der Waals surface area contributed by atoms with Crippen LogP contribution in [-0.2, 0) is 36.1 Å². The molecule has 4 rings (SSSR count). The molecule has 0 aliphatic carbocycles. The van der Waals surface area contributed by atoms with E-state index in [1.54, 1.807) is 0 Å². The monoisotopic (exact) mass is 1270 g/mol. The number of hydrogen-bond donors (Lipinski definition) is 0. The van der Waals surface area contributed by atoms with Crippen LogP contribution in [0.25, 0.3) is 0 Å². The van der Waals surface area contributed by atoms with E-state index in [0.717, 1.165) is 63.6 Å². The summed E-state index contributed by atoms with van der Waals surface area (Å²) in [6.07, 6.45) is 2.26. The van der Waals surface area contributed by atoms with Crippen LogP contribution in [0.1, 0.15) is 11.1 Å². The van der Waals surface area contributed by atoms with Gasteiger partial charge in [-0.15, -0.1) is 0 Å². The molecule has 0 N–H and O–H groups in total. The largest absolute Gasteiger partial charge is 0.0622 e. The summed E-state index contributed by atoms with van der Waals surface area (Å²) in [5.41, 5.74) is 2.83. The summed E-state index contributed by atoms with van der Waals surface area (Å²) in [4.78, 5) is 0. The van der Waals surface area contributed by atoms with Crippen molar-refractivity contribution in [2.24, 2.45) is 0 Å². The zero-order valence-electron chi connectivity index (χ0n) is 13.4. The van der Waals surface area contributed by atoms with E-state index in [-0.39, 0.29) is 0 Å². The first-order valence-electron chi connectivity index (χ1n) is 7.72. The van der Waals surface area contributed by atoms with Crippen LogP contribution >= 0.6 is 0 Å². The standard InChI is InChI=1S/C14H14.2C.8Sb.Zr.2H/c1-3-7-13(8-4-1)11-12-14-9-5-2-6-10-14;;;;;;;;;;;;;/h1-10H,11-12H2;;;;;;;;;;;;;. The molecule has 0 radical (unpaired) electrons. The van der Waals surface area contributed by atoms with E-state index in [1.165, 1.54) is 11.1 Å². The molecule has 0 bridgehead atoms. The maximum Gasteiger partial charge on any atom is -0.0238 e. The van der Waals surface area contributed by atoms with Crippen LogP contribution in [0.4, 0.5) is 0 Å². The van der Waals surface area contributed by atoms with E-state index in [0.29, 0.717) is 92.2 Å². The third-order valence-corrected chi connectivity index (χ3v) is 367. The Morgan fingerprint density at radius 1 is 0.640 bits per heavy atom. The minimum atomic E-state index is 0.359. The van der Waals surface area contributed by atoms with E-state index in [2.05, 4.69) is 58.9 Å². The molecule has 2 heterocycles. The van der Waals surface area contributed by atoms with Gasteiger partial charge < -0.3 is 0 Å². The SMILES string of the molecule is [Zr]([C]1=[Sb][Sb]=[Sb][SbH]1)[C]1=[Sb][Sb]=[Sb][SbH]1.c1ccc(CCc2ccccc2)cc1. The van der Waals surface area contributed by atoms with Gasteiger partial charge in [0.25, 0.3) is 0 Å². The van der Waals surface area contributed by atoms with Crippen molar-refractivity contribution in [3.8, 4) is 0 Å². The molecule has 2 aromatic carbocycles. The summed E-state index contributed by atoms with van der Waals surface area (Å²) in [6, 6.07) is 21.2. The summed E-state index contributed by atoms with van der Waals surface area (Å²) in [6.45, 7) is 0. The van der Waals surface area contributed by atoms with Gasteiger partial charge in [-0.1, -0.05) is 60.7 Å². The van der Waals surface area contributed by atoms with Crippen LogP contribution in [0.15, 0.2) is 60.7 Å². The molecule has 2 aliphatic rings. The zero-order valence-corrected chi connectivity index (χ0v) is 36.9. The van der Waals surface area contributed by atoms with Gasteiger partial charge in [-0.3, -0.25) is 0 Å². The topological polar surface area (TPSA) is 0 Å². The summed E-state index contributed by atoms with van der Waals surface area (Å²) in [7, 11) is 0. The normalized spacial score (nSPS) is 14.6. The predicted molar refractivity (Wildman–Crippen MR) is 119 cm³/mol. The van der Waals surface area contributed by atoms with Gasteiger partial charge in [0.15, 0.2) is 0 Å². The second kappa shape index (κ2) is 16.3. The van der Waals surface area contributed by atoms with Gasteiger partial charge in [0.05, 0.1) is 0 Å². The molecular formula is C16H16Sb8Zr. The first-order valence-corrected chi connectivity index (χ1v) is 70.5. The summed E-state index contributed by atoms with van der Waals surface area (Å²) >= 11 is 5.96. The van der Waals surface area contributed by atoms with Crippen molar-refractivity contribution in [2.75, 3.05) is 0 Å². The van der Waals surface area contributed by atoms with Gasteiger partial charge in [0, 0.05) is 0 Å². The third kappa shape index (κ3) is 11.3. The second-order valence-corrected chi connectivity index (χ2v) is 167. The maximum atomic E-state index is 2.61. The van der Waals surface area contributed by atoms with Crippen LogP contribution in [-0.4, -0.2) is 118 Å². The Morgan fingerprint density at radius 2 is 1.08 bits per heavy atom. The average Bonchev–Trinajstić information content (AvgIpc) is 3.37. The fraction of sp³-hybridized carbons (Fsp3) is 0.125. The number of rotatable bonds is 5. The van der Waals surface area contributed by atoms with Gasteiger partial charge in [-0.25, -0.2) is 0 Å². The molecule has 124 valence electrons. The van der Waals surface area contributed by atoms with E-state index in [9.17, 15) is 0 Å². The summed E-state index contributed by atoms with van der Waals surface area (Å²) in [5.74, 6) is 0. The van der Waals surface area contributed by atoms with Crippen LogP contribution in [0, 0.1) is 0 Å². The van der Waals surface area contributed by atoms with Crippen LogP contribution in [0.3, 0.4) is 0 Å². The van der Waals surface area contributed by atoms with Crippen molar-refractivity contribution in [1.29, 1.82) is 0 Å². The number of aryl methyl sites for hydroxylation is 2. The summed E-state index contributed by atoms with van der Waals surface area (Å²) < 4.78 is 5.23. The Hall–Kier alpha value is 5.61. The Morgan fingerprint density at radius 3 is 1.44 bits per heavy atom. The first kappa shape index (κ1) is 25.2. The molecule has 9 heteroatoms. The molecule has 2 aromatic rings. The Labute approximate surface area is 219 Å². The van der Waals surface area contributed by atoms with Crippen molar-refractivity contribution in [2.45, 2.75) is 12.8 Å².